The molecule has 2 amide bonds. The monoisotopic (exact) mass is 452 g/mol. The van der Waals surface area contributed by atoms with Crippen molar-refractivity contribution in [2.24, 2.45) is 0 Å². The van der Waals surface area contributed by atoms with Crippen LogP contribution >= 0.6 is 0 Å². The number of fused-ring (bicyclic) bond motifs is 1. The van der Waals surface area contributed by atoms with Gasteiger partial charge in [0, 0.05) is 24.7 Å². The molecule has 3 heterocycles. The fraction of sp³-hybridized carbons (Fsp3) is 0.391. The lowest BCUT2D eigenvalue weighted by Crippen LogP contribution is -2.55. The number of halogens is 1. The Labute approximate surface area is 190 Å². The van der Waals surface area contributed by atoms with E-state index in [9.17, 15) is 19.1 Å². The third kappa shape index (κ3) is 3.96. The van der Waals surface area contributed by atoms with E-state index in [1.807, 2.05) is 11.0 Å². The van der Waals surface area contributed by atoms with Gasteiger partial charge in [0.1, 0.15) is 23.1 Å². The lowest BCUT2D eigenvalue weighted by molar-refractivity contribution is -0.127. The number of likely N-dealkylation sites (tertiary alicyclic amines) is 1. The smallest absolute Gasteiger partial charge is 0.411 e. The molecule has 172 valence electrons. The molecular formula is C23H25FN6O3. The van der Waals surface area contributed by atoms with E-state index >= 15 is 0 Å². The van der Waals surface area contributed by atoms with Gasteiger partial charge in [-0.05, 0) is 57.5 Å². The highest BCUT2D eigenvalue weighted by molar-refractivity contribution is 6.10. The zero-order chi connectivity index (χ0) is 23.8. The average molecular weight is 452 g/mol. The SMILES string of the molecule is CCN(C(=O)O)c1cc(F)cc2c1NC(=O)C2(C)N1CCC[C@@H](Nc2ccc(C#N)nc2)C1. The van der Waals surface area contributed by atoms with E-state index in [4.69, 9.17) is 5.26 Å². The molecule has 10 heteroatoms. The summed E-state index contributed by atoms with van der Waals surface area (Å²) in [4.78, 5) is 32.0. The van der Waals surface area contributed by atoms with E-state index < -0.39 is 17.4 Å². The molecule has 2 aliphatic heterocycles. The Kier molecular flexibility index (Phi) is 5.91. The number of pyridine rings is 1. The second-order valence-electron chi connectivity index (χ2n) is 8.37. The van der Waals surface area contributed by atoms with Gasteiger partial charge in [-0.25, -0.2) is 14.2 Å². The van der Waals surface area contributed by atoms with Crippen molar-refractivity contribution in [2.45, 2.75) is 38.3 Å². The number of rotatable bonds is 5. The van der Waals surface area contributed by atoms with Crippen LogP contribution in [0.5, 0.6) is 0 Å². The molecule has 0 radical (unpaired) electrons. The average Bonchev–Trinajstić information content (AvgIpc) is 3.06. The maximum atomic E-state index is 14.6. The molecule has 2 atom stereocenters. The van der Waals surface area contributed by atoms with Crippen molar-refractivity contribution >= 4 is 29.1 Å². The van der Waals surface area contributed by atoms with Crippen LogP contribution in [0.15, 0.2) is 30.5 Å². The van der Waals surface area contributed by atoms with Crippen LogP contribution in [0.3, 0.4) is 0 Å². The Morgan fingerprint density at radius 2 is 2.27 bits per heavy atom. The lowest BCUT2D eigenvalue weighted by Gasteiger charge is -2.42. The molecule has 0 spiro atoms. The van der Waals surface area contributed by atoms with E-state index in [0.717, 1.165) is 29.5 Å². The predicted octanol–water partition coefficient (Wildman–Crippen LogP) is 3.34. The first-order chi connectivity index (χ1) is 15.8. The van der Waals surface area contributed by atoms with E-state index in [-0.39, 0.29) is 24.2 Å². The number of hydrogen-bond donors (Lipinski definition) is 3. The molecule has 0 bridgehead atoms. The summed E-state index contributed by atoms with van der Waals surface area (Å²) in [6.07, 6.45) is 2.08. The molecule has 9 nitrogen and oxygen atoms in total. The summed E-state index contributed by atoms with van der Waals surface area (Å²) in [5.74, 6) is -0.909. The summed E-state index contributed by atoms with van der Waals surface area (Å²) in [7, 11) is 0. The minimum atomic E-state index is -1.22. The van der Waals surface area contributed by atoms with Gasteiger partial charge in [-0.1, -0.05) is 0 Å². The van der Waals surface area contributed by atoms with Crippen LogP contribution in [0.1, 0.15) is 37.9 Å². The Morgan fingerprint density at radius 3 is 2.91 bits per heavy atom. The fourth-order valence-electron chi connectivity index (χ4n) is 4.68. The van der Waals surface area contributed by atoms with Gasteiger partial charge in [0.15, 0.2) is 0 Å². The summed E-state index contributed by atoms with van der Waals surface area (Å²) in [6.45, 7) is 4.67. The standard InChI is InChI=1S/C23H25FN6O3/c1-3-30(22(32)33)19-10-14(24)9-18-20(19)28-21(31)23(18,2)29-8-4-5-17(13-29)27-16-7-6-15(11-25)26-12-16/h6-7,9-10,12,17,27H,3-5,8,13H2,1-2H3,(H,28,31)(H,32,33)/t17-,23?/m1/s1. The lowest BCUT2D eigenvalue weighted by atomic mass is 9.88. The molecule has 1 fully saturated rings. The van der Waals surface area contributed by atoms with Gasteiger partial charge in [0.25, 0.3) is 0 Å². The number of anilines is 3. The van der Waals surface area contributed by atoms with Crippen LogP contribution in [0, 0.1) is 17.1 Å². The first-order valence-corrected chi connectivity index (χ1v) is 10.8. The van der Waals surface area contributed by atoms with Gasteiger partial charge in [-0.3, -0.25) is 14.6 Å². The fourth-order valence-corrected chi connectivity index (χ4v) is 4.68. The van der Waals surface area contributed by atoms with Crippen LogP contribution in [0.25, 0.3) is 0 Å². The van der Waals surface area contributed by atoms with Gasteiger partial charge >= 0.3 is 6.09 Å². The summed E-state index contributed by atoms with van der Waals surface area (Å²) in [6, 6.07) is 7.88. The van der Waals surface area contributed by atoms with Crippen molar-refractivity contribution in [3.05, 3.63) is 47.5 Å². The molecule has 0 aliphatic carbocycles. The number of carbonyl (C=O) groups excluding carboxylic acids is 1. The first kappa shape index (κ1) is 22.5. The highest BCUT2D eigenvalue weighted by Gasteiger charge is 2.50. The number of carbonyl (C=O) groups is 2. The molecular weight excluding hydrogens is 427 g/mol. The molecule has 1 unspecified atom stereocenters. The Morgan fingerprint density at radius 1 is 1.48 bits per heavy atom. The summed E-state index contributed by atoms with van der Waals surface area (Å²) in [5, 5.41) is 24.7. The van der Waals surface area contributed by atoms with Crippen LogP contribution in [-0.2, 0) is 10.3 Å². The second-order valence-corrected chi connectivity index (χ2v) is 8.37. The Balaban J connectivity index is 1.64. The number of amides is 2. The Bertz CT molecular complexity index is 1130. The summed E-state index contributed by atoms with van der Waals surface area (Å²) >= 11 is 0. The molecule has 1 aromatic heterocycles. The van der Waals surface area contributed by atoms with Gasteiger partial charge < -0.3 is 15.7 Å². The van der Waals surface area contributed by atoms with Gasteiger partial charge in [0.2, 0.25) is 5.91 Å². The van der Waals surface area contributed by atoms with Crippen molar-refractivity contribution < 1.29 is 19.1 Å². The predicted molar refractivity (Wildman–Crippen MR) is 121 cm³/mol. The number of nitrogens with one attached hydrogen (secondary N) is 2. The molecule has 33 heavy (non-hydrogen) atoms. The topological polar surface area (TPSA) is 122 Å². The molecule has 0 saturated carbocycles. The maximum absolute atomic E-state index is 14.6. The van der Waals surface area contributed by atoms with Crippen LogP contribution in [-0.4, -0.2) is 52.7 Å². The number of carboxylic acid groups (broad SMARTS) is 1. The zero-order valence-corrected chi connectivity index (χ0v) is 18.4. The third-order valence-electron chi connectivity index (χ3n) is 6.43. The number of hydrogen-bond acceptors (Lipinski definition) is 6. The number of piperidine rings is 1. The van der Waals surface area contributed by atoms with Crippen molar-refractivity contribution in [1.82, 2.24) is 9.88 Å². The normalized spacial score (nSPS) is 22.2. The minimum Gasteiger partial charge on any atom is -0.465 e. The number of nitrogens with zero attached hydrogens (tertiary/aromatic N) is 4. The van der Waals surface area contributed by atoms with Crippen molar-refractivity contribution in [1.29, 1.82) is 5.26 Å². The molecule has 2 aliphatic rings. The highest BCUT2D eigenvalue weighted by atomic mass is 19.1. The van der Waals surface area contributed by atoms with Gasteiger partial charge in [0.05, 0.1) is 23.3 Å². The van der Waals surface area contributed by atoms with Crippen molar-refractivity contribution in [3.63, 3.8) is 0 Å². The molecule has 2 aromatic rings. The molecule has 1 aromatic carbocycles. The summed E-state index contributed by atoms with van der Waals surface area (Å²) < 4.78 is 14.6. The Hall–Kier alpha value is -3.71. The zero-order valence-electron chi connectivity index (χ0n) is 18.4. The van der Waals surface area contributed by atoms with E-state index in [0.29, 0.717) is 30.0 Å². The van der Waals surface area contributed by atoms with Crippen LogP contribution in [0.2, 0.25) is 0 Å². The summed E-state index contributed by atoms with van der Waals surface area (Å²) in [5.41, 5.74) is 0.858. The highest BCUT2D eigenvalue weighted by Crippen LogP contribution is 2.46. The number of nitriles is 1. The van der Waals surface area contributed by atoms with E-state index in [2.05, 4.69) is 15.6 Å². The largest absolute Gasteiger partial charge is 0.465 e. The third-order valence-corrected chi connectivity index (χ3v) is 6.43. The second kappa shape index (κ2) is 8.67. The quantitative estimate of drug-likeness (QED) is 0.636. The van der Waals surface area contributed by atoms with Gasteiger partial charge in [-0.2, -0.15) is 5.26 Å². The number of benzene rings is 1. The molecule has 1 saturated heterocycles. The number of aromatic nitrogens is 1. The van der Waals surface area contributed by atoms with E-state index in [1.54, 1.807) is 32.2 Å². The van der Waals surface area contributed by atoms with Crippen LogP contribution in [0.4, 0.5) is 26.2 Å². The minimum absolute atomic E-state index is 0.0151. The molecule has 4 rings (SSSR count). The van der Waals surface area contributed by atoms with Crippen LogP contribution < -0.4 is 15.5 Å². The van der Waals surface area contributed by atoms with Gasteiger partial charge in [-0.15, -0.1) is 0 Å². The van der Waals surface area contributed by atoms with E-state index in [1.165, 1.54) is 6.07 Å². The van der Waals surface area contributed by atoms with Crippen molar-refractivity contribution in [3.8, 4) is 6.07 Å². The molecule has 3 N–H and O–H groups in total. The van der Waals surface area contributed by atoms with Crippen molar-refractivity contribution in [2.75, 3.05) is 35.2 Å². The maximum Gasteiger partial charge on any atom is 0.411 e. The first-order valence-electron chi connectivity index (χ1n) is 10.8.